The van der Waals surface area contributed by atoms with Crippen molar-refractivity contribution < 1.29 is 13.2 Å². The zero-order chi connectivity index (χ0) is 22.8. The van der Waals surface area contributed by atoms with Crippen molar-refractivity contribution >= 4 is 6.21 Å². The normalized spacial score (nSPS) is 25.1. The first kappa shape index (κ1) is 21.9. The quantitative estimate of drug-likeness (QED) is 0.411. The molecule has 0 unspecified atom stereocenters. The molecule has 3 aliphatic rings. The van der Waals surface area contributed by atoms with Crippen LogP contribution in [0.15, 0.2) is 89.9 Å². The molecule has 2 atom stereocenters. The third kappa shape index (κ3) is 4.60. The summed E-state index contributed by atoms with van der Waals surface area (Å²) < 4.78 is 38.8. The van der Waals surface area contributed by atoms with Gasteiger partial charge in [-0.3, -0.25) is 9.89 Å². The van der Waals surface area contributed by atoms with Crippen LogP contribution in [0, 0.1) is 5.92 Å². The van der Waals surface area contributed by atoms with Gasteiger partial charge in [-0.05, 0) is 60.7 Å². The molecule has 0 N–H and O–H groups in total. The van der Waals surface area contributed by atoms with E-state index in [9.17, 15) is 13.2 Å². The van der Waals surface area contributed by atoms with Crippen LogP contribution in [0.2, 0.25) is 0 Å². The van der Waals surface area contributed by atoms with Crippen molar-refractivity contribution in [3.63, 3.8) is 0 Å². The van der Waals surface area contributed by atoms with Crippen LogP contribution < -0.4 is 0 Å². The predicted octanol–water partition coefficient (Wildman–Crippen LogP) is 6.42. The molecule has 2 nitrogen and oxygen atoms in total. The lowest BCUT2D eigenvalue weighted by Crippen LogP contribution is -2.59. The van der Waals surface area contributed by atoms with Crippen LogP contribution in [0.3, 0.4) is 0 Å². The summed E-state index contributed by atoms with van der Waals surface area (Å²) in [5.41, 5.74) is 2.62. The highest BCUT2D eigenvalue weighted by molar-refractivity contribution is 5.79. The van der Waals surface area contributed by atoms with E-state index < -0.39 is 11.7 Å². The summed E-state index contributed by atoms with van der Waals surface area (Å²) in [6.45, 7) is 2.13. The highest BCUT2D eigenvalue weighted by Crippen LogP contribution is 2.43. The largest absolute Gasteiger partial charge is 0.416 e. The molecule has 0 saturated carbocycles. The Morgan fingerprint density at radius 1 is 0.788 bits per heavy atom. The van der Waals surface area contributed by atoms with E-state index in [1.807, 2.05) is 12.1 Å². The zero-order valence-corrected chi connectivity index (χ0v) is 18.3. The van der Waals surface area contributed by atoms with Crippen molar-refractivity contribution in [3.8, 4) is 0 Å². The summed E-state index contributed by atoms with van der Waals surface area (Å²) in [6.07, 6.45) is -0.328. The Morgan fingerprint density at radius 2 is 1.33 bits per heavy atom. The second kappa shape index (κ2) is 9.14. The van der Waals surface area contributed by atoms with Gasteiger partial charge in [0.25, 0.3) is 0 Å². The van der Waals surface area contributed by atoms with Crippen LogP contribution in [0.1, 0.15) is 41.0 Å². The van der Waals surface area contributed by atoms with Crippen LogP contribution in [0.25, 0.3) is 0 Å². The first-order chi connectivity index (χ1) is 16.0. The number of rotatable bonds is 5. The highest BCUT2D eigenvalue weighted by atomic mass is 19.4. The minimum Gasteiger partial charge on any atom is -0.297 e. The third-order valence-corrected chi connectivity index (χ3v) is 7.12. The molecule has 3 saturated heterocycles. The Hall–Kier alpha value is -2.92. The van der Waals surface area contributed by atoms with Gasteiger partial charge in [0, 0.05) is 18.2 Å². The first-order valence-electron chi connectivity index (χ1n) is 11.5. The van der Waals surface area contributed by atoms with Gasteiger partial charge in [-0.25, -0.2) is 0 Å². The molecule has 0 radical (unpaired) electrons. The number of piperidine rings is 3. The Kier molecular flexibility index (Phi) is 6.07. The van der Waals surface area contributed by atoms with Crippen molar-refractivity contribution in [2.24, 2.45) is 10.9 Å². The molecule has 6 rings (SSSR count). The average molecular weight is 449 g/mol. The number of fused-ring (bicyclic) bond motifs is 3. The molecular weight excluding hydrogens is 421 g/mol. The second-order valence-electron chi connectivity index (χ2n) is 9.05. The summed E-state index contributed by atoms with van der Waals surface area (Å²) in [7, 11) is 0. The molecule has 3 heterocycles. The highest BCUT2D eigenvalue weighted by Gasteiger charge is 2.46. The molecule has 33 heavy (non-hydrogen) atoms. The summed E-state index contributed by atoms with van der Waals surface area (Å²) in [4.78, 5) is 7.60. The van der Waals surface area contributed by atoms with Crippen molar-refractivity contribution in [2.45, 2.75) is 37.0 Å². The molecule has 0 aromatic heterocycles. The standard InChI is InChI=1S/C28H27F3N2/c29-28(30,31)24-13-11-20(12-14-24)19-32-26-23-15-17-33(18-16-23)27(26)25(21-7-3-1-4-8-21)22-9-5-2-6-10-22/h1-14,19,23,25-27H,15-18H2/b32-19+/t26-,27+/m1/s1. The first-order valence-corrected chi connectivity index (χ1v) is 11.5. The van der Waals surface area contributed by atoms with Crippen molar-refractivity contribution in [3.05, 3.63) is 107 Å². The SMILES string of the molecule is FC(F)(F)c1ccc(/C=N/[C@@H]2C3CCN(CC3)[C@H]2C(c2ccccc2)c2ccccc2)cc1. The maximum absolute atomic E-state index is 12.9. The molecule has 0 aliphatic carbocycles. The second-order valence-corrected chi connectivity index (χ2v) is 9.05. The lowest BCUT2D eigenvalue weighted by atomic mass is 9.71. The summed E-state index contributed by atoms with van der Waals surface area (Å²) in [5, 5.41) is 0. The average Bonchev–Trinajstić information content (AvgIpc) is 2.85. The van der Waals surface area contributed by atoms with E-state index in [0.29, 0.717) is 11.5 Å². The zero-order valence-electron chi connectivity index (χ0n) is 18.3. The summed E-state index contributed by atoms with van der Waals surface area (Å²) in [5.74, 6) is 0.672. The van der Waals surface area contributed by atoms with Gasteiger partial charge in [-0.1, -0.05) is 72.8 Å². The van der Waals surface area contributed by atoms with Crippen LogP contribution >= 0.6 is 0 Å². The van der Waals surface area contributed by atoms with Crippen molar-refractivity contribution in [2.75, 3.05) is 13.1 Å². The van der Waals surface area contributed by atoms with Gasteiger partial charge >= 0.3 is 6.18 Å². The number of hydrogen-bond donors (Lipinski definition) is 0. The van der Waals surface area contributed by atoms with Crippen molar-refractivity contribution in [1.29, 1.82) is 0 Å². The van der Waals surface area contributed by atoms with Gasteiger partial charge in [-0.15, -0.1) is 0 Å². The Labute approximate surface area is 192 Å². The lowest BCUT2D eigenvalue weighted by molar-refractivity contribution is -0.137. The number of alkyl halides is 3. The van der Waals surface area contributed by atoms with E-state index in [0.717, 1.165) is 38.1 Å². The van der Waals surface area contributed by atoms with Gasteiger partial charge in [0.15, 0.2) is 0 Å². The minimum atomic E-state index is -4.32. The van der Waals surface area contributed by atoms with Gasteiger partial charge in [-0.2, -0.15) is 13.2 Å². The molecule has 3 aliphatic heterocycles. The minimum absolute atomic E-state index is 0.0974. The van der Waals surface area contributed by atoms with Crippen LogP contribution in [0.5, 0.6) is 0 Å². The monoisotopic (exact) mass is 448 g/mol. The Bertz CT molecular complexity index is 1030. The van der Waals surface area contributed by atoms with Crippen molar-refractivity contribution in [1.82, 2.24) is 4.90 Å². The molecule has 3 aromatic carbocycles. The topological polar surface area (TPSA) is 15.6 Å². The molecule has 3 aromatic rings. The fourth-order valence-electron chi connectivity index (χ4n) is 5.51. The number of hydrogen-bond acceptors (Lipinski definition) is 2. The number of nitrogens with zero attached hydrogens (tertiary/aromatic N) is 2. The van der Waals surface area contributed by atoms with E-state index in [4.69, 9.17) is 4.99 Å². The third-order valence-electron chi connectivity index (χ3n) is 7.12. The number of halogens is 3. The maximum Gasteiger partial charge on any atom is 0.416 e. The molecule has 0 amide bonds. The van der Waals surface area contributed by atoms with Gasteiger partial charge in [0.2, 0.25) is 0 Å². The fourth-order valence-corrected chi connectivity index (χ4v) is 5.51. The molecule has 3 fully saturated rings. The molecule has 5 heteroatoms. The van der Waals surface area contributed by atoms with Crippen LogP contribution in [0.4, 0.5) is 13.2 Å². The van der Waals surface area contributed by atoms with E-state index >= 15 is 0 Å². The Balaban J connectivity index is 1.50. The predicted molar refractivity (Wildman–Crippen MR) is 126 cm³/mol. The van der Waals surface area contributed by atoms with E-state index in [1.54, 1.807) is 6.21 Å². The summed E-state index contributed by atoms with van der Waals surface area (Å²) in [6, 6.07) is 26.8. The molecular formula is C28H27F3N2. The molecule has 170 valence electrons. The molecule has 0 spiro atoms. The number of aliphatic imine (C=N–C) groups is 1. The number of benzene rings is 3. The van der Waals surface area contributed by atoms with Crippen LogP contribution in [-0.2, 0) is 6.18 Å². The molecule has 2 bridgehead atoms. The lowest BCUT2D eigenvalue weighted by Gasteiger charge is -2.52. The van der Waals surface area contributed by atoms with Gasteiger partial charge in [0.1, 0.15) is 0 Å². The van der Waals surface area contributed by atoms with E-state index in [-0.39, 0.29) is 18.0 Å². The maximum atomic E-state index is 12.9. The van der Waals surface area contributed by atoms with E-state index in [2.05, 4.69) is 53.4 Å². The van der Waals surface area contributed by atoms with E-state index in [1.165, 1.54) is 23.3 Å². The Morgan fingerprint density at radius 3 is 1.85 bits per heavy atom. The van der Waals surface area contributed by atoms with Gasteiger partial charge in [0.05, 0.1) is 11.6 Å². The van der Waals surface area contributed by atoms with Gasteiger partial charge < -0.3 is 0 Å². The van der Waals surface area contributed by atoms with Crippen LogP contribution in [-0.4, -0.2) is 36.3 Å². The fraction of sp³-hybridized carbons (Fsp3) is 0.321. The summed E-state index contributed by atoms with van der Waals surface area (Å²) >= 11 is 0. The smallest absolute Gasteiger partial charge is 0.297 e.